The lowest BCUT2D eigenvalue weighted by atomic mass is 9.99. The van der Waals surface area contributed by atoms with Crippen LogP contribution >= 0.6 is 11.6 Å². The molecule has 0 amide bonds. The van der Waals surface area contributed by atoms with Crippen LogP contribution in [0, 0.1) is 0 Å². The molecule has 4 aliphatic rings. The fraction of sp³-hybridized carbons (Fsp3) is 0.100. The van der Waals surface area contributed by atoms with Crippen LogP contribution in [0.5, 0.6) is 23.0 Å². The van der Waals surface area contributed by atoms with E-state index < -0.39 is 163 Å². The minimum atomic E-state index is -5.38. The Morgan fingerprint density at radius 2 is 0.559 bits per heavy atom. The molecule has 0 saturated heterocycles. The van der Waals surface area contributed by atoms with Crippen LogP contribution in [0.2, 0.25) is 0 Å². The molecule has 8 aromatic carbocycles. The maximum atomic E-state index is 14.0. The number of hydrogen-bond acceptors (Lipinski definition) is 11. The highest BCUT2D eigenvalue weighted by Gasteiger charge is 2.43. The number of aliphatic imine (C=N–C) groups is 2. The second-order valence-corrected chi connectivity index (χ2v) is 26.3. The minimum Gasteiger partial charge on any atom is -0.423 e. The minimum absolute atomic E-state index is 0.00208. The molecule has 14 rings (SSSR count). The van der Waals surface area contributed by atoms with Crippen LogP contribution in [0.15, 0.2) is 239 Å². The SMILES string of the molecule is O=C(Oc1cc(C(F)(F)F)cc(C(F)(F)F)c1)c1ccc(/C2=C3\C=CC(=N3)/C(c3ccc(C(=O)Oc4cc(C(F)(F)F)cc(C(F)(F)F)c4)cc3)=c3/cc/c4n3Nn3c2ccc3/C(c2ccc(C(=O)Oc3cc(C(F)(F)F)cc(C(F)(F)F)c3)cc2)=C2/C=C(Cl)C(=N2)/C=4c2ccc(C(=O)Oc3cc(C(F)(F)F)cc(C(F)(F)F)c3)cc2)cc1. The number of ether oxygens (including phenoxy) is 4. The zero-order valence-corrected chi connectivity index (χ0v) is 58.5. The second-order valence-electron chi connectivity index (χ2n) is 25.9. The smallest absolute Gasteiger partial charge is 0.416 e. The standard InChI is InChI=1S/C80H36ClF24N5O8/c81-56-35-59-66(38-5-13-42(14-6-38)71(113)117-54-31-48(77(94,95)96)25-49(32-54)78(97,98)99)62-20-19-60-64(36-1-9-40(10-2-36)69(111)115-52-27-44(73(82,83)84)23-45(28-52)74(85,86)87)57-17-18-58(106-57)65(37-3-11-41(12-4-37)70(112)116-53-29-46(75(88,89)90)24-47(30-53)76(91,92)93)61-21-22-63(110(61)108-109(60)62)67(68(56)107-59)39-7-15-43(16-8-39)72(114)118-55-33-50(79(100,101)102)26-51(34-55)80(103,104)105/h1-35,108H/b64-57-,64-60?,65-58?,65-61-,66-59-,66-62?,67-63+,68-67?. The van der Waals surface area contributed by atoms with Crippen LogP contribution in [-0.2, 0) is 49.4 Å². The Morgan fingerprint density at radius 1 is 0.297 bits per heavy atom. The van der Waals surface area contributed by atoms with Crippen molar-refractivity contribution >= 4 is 69.2 Å². The van der Waals surface area contributed by atoms with Gasteiger partial charge in [-0.2, -0.15) is 105 Å². The highest BCUT2D eigenvalue weighted by molar-refractivity contribution is 6.53. The van der Waals surface area contributed by atoms with Gasteiger partial charge in [-0.25, -0.2) is 44.0 Å². The van der Waals surface area contributed by atoms with Crippen LogP contribution in [0.1, 0.15) is 120 Å². The number of halogens is 25. The molecule has 0 fully saturated rings. The van der Waals surface area contributed by atoms with Crippen molar-refractivity contribution in [2.75, 3.05) is 5.53 Å². The number of carbonyl (C=O) groups is 4. The Labute approximate surface area is 647 Å². The summed E-state index contributed by atoms with van der Waals surface area (Å²) in [5, 5.41) is -0.188. The molecule has 0 spiro atoms. The number of aromatic nitrogens is 2. The van der Waals surface area contributed by atoms with Gasteiger partial charge in [0.25, 0.3) is 0 Å². The molecule has 0 atom stereocenters. The third-order valence-corrected chi connectivity index (χ3v) is 18.4. The van der Waals surface area contributed by atoms with Gasteiger partial charge < -0.3 is 18.9 Å². The molecular weight excluding hydrogens is 1650 g/mol. The Kier molecular flexibility index (Phi) is 20.0. The number of nitrogens with zero attached hydrogens (tertiary/aromatic N) is 4. The number of esters is 4. The van der Waals surface area contributed by atoms with E-state index in [1.165, 1.54) is 100 Å². The van der Waals surface area contributed by atoms with Crippen LogP contribution in [0.3, 0.4) is 0 Å². The zero-order valence-electron chi connectivity index (χ0n) is 57.7. The molecule has 0 unspecified atom stereocenters. The van der Waals surface area contributed by atoms with E-state index in [1.807, 2.05) is 0 Å². The highest BCUT2D eigenvalue weighted by atomic mass is 35.5. The van der Waals surface area contributed by atoms with Crippen LogP contribution in [0.4, 0.5) is 105 Å². The summed E-state index contributed by atoms with van der Waals surface area (Å²) in [5.74, 6) is -10.6. The molecular formula is C80H36ClF24N5O8. The third kappa shape index (κ3) is 16.5. The van der Waals surface area contributed by atoms with E-state index in [0.717, 1.165) is 48.5 Å². The quantitative estimate of drug-likeness (QED) is 0.0716. The summed E-state index contributed by atoms with van der Waals surface area (Å²) >= 11 is 7.31. The number of allylic oxidation sites excluding steroid dienone is 4. The Morgan fingerprint density at radius 3 is 0.847 bits per heavy atom. The maximum absolute atomic E-state index is 14.0. The Balaban J connectivity index is 0.967. The molecule has 4 aliphatic heterocycles. The van der Waals surface area contributed by atoms with E-state index in [0.29, 0.717) is 0 Å². The topological polar surface area (TPSA) is 152 Å². The predicted octanol–water partition coefficient (Wildman–Crippen LogP) is 20.9. The van der Waals surface area contributed by atoms with E-state index in [1.54, 1.807) is 0 Å². The second kappa shape index (κ2) is 29.1. The normalized spacial score (nSPS) is 16.7. The van der Waals surface area contributed by atoms with Crippen molar-refractivity contribution in [3.8, 4) is 23.0 Å². The van der Waals surface area contributed by atoms with Gasteiger partial charge in [-0.05, 0) is 186 Å². The van der Waals surface area contributed by atoms with Gasteiger partial charge in [0.15, 0.2) is 0 Å². The first-order valence-corrected chi connectivity index (χ1v) is 33.6. The van der Waals surface area contributed by atoms with Crippen molar-refractivity contribution in [2.24, 2.45) is 9.98 Å². The summed E-state index contributed by atoms with van der Waals surface area (Å²) in [6.45, 7) is 0. The summed E-state index contributed by atoms with van der Waals surface area (Å²) in [7, 11) is 0. The van der Waals surface area contributed by atoms with Gasteiger partial charge in [-0.15, -0.1) is 0 Å². The van der Waals surface area contributed by atoms with Crippen molar-refractivity contribution in [3.05, 3.63) is 340 Å². The van der Waals surface area contributed by atoms with Crippen LogP contribution in [0.25, 0.3) is 22.3 Å². The molecule has 2 aromatic heterocycles. The molecule has 0 saturated carbocycles. The number of fused-ring (bicyclic) bond motifs is 2. The molecule has 118 heavy (non-hydrogen) atoms. The molecule has 38 heteroatoms. The number of hydrogen-bond donors (Lipinski definition) is 1. The zero-order chi connectivity index (χ0) is 85.2. The fourth-order valence-corrected chi connectivity index (χ4v) is 12.9. The lowest BCUT2D eigenvalue weighted by Crippen LogP contribution is -2.42. The van der Waals surface area contributed by atoms with Gasteiger partial charge in [0.05, 0.1) is 117 Å². The van der Waals surface area contributed by atoms with Crippen molar-refractivity contribution in [2.45, 2.75) is 49.4 Å². The molecule has 0 radical (unpaired) electrons. The molecule has 604 valence electrons. The fourth-order valence-electron chi connectivity index (χ4n) is 12.7. The van der Waals surface area contributed by atoms with Crippen molar-refractivity contribution in [1.82, 2.24) is 9.35 Å². The van der Waals surface area contributed by atoms with Crippen LogP contribution in [-0.4, -0.2) is 44.7 Å². The van der Waals surface area contributed by atoms with E-state index in [2.05, 4.69) is 5.53 Å². The number of carbonyl (C=O) groups excluding carboxylic acids is 4. The first-order valence-electron chi connectivity index (χ1n) is 33.2. The average Bonchev–Trinajstić information content (AvgIpc) is 1.57. The molecule has 10 aromatic rings. The van der Waals surface area contributed by atoms with Crippen molar-refractivity contribution in [3.63, 3.8) is 0 Å². The van der Waals surface area contributed by atoms with Gasteiger partial charge in [0.1, 0.15) is 23.0 Å². The first kappa shape index (κ1) is 81.2. The third-order valence-electron chi connectivity index (χ3n) is 18.1. The van der Waals surface area contributed by atoms with Gasteiger partial charge in [0.2, 0.25) is 0 Å². The molecule has 0 aliphatic carbocycles. The summed E-state index contributed by atoms with van der Waals surface area (Å²) in [4.78, 5) is 65.3. The average molecular weight is 1690 g/mol. The first-order chi connectivity index (χ1) is 55.0. The van der Waals surface area contributed by atoms with E-state index >= 15 is 0 Å². The largest absolute Gasteiger partial charge is 0.423 e. The summed E-state index contributed by atoms with van der Waals surface area (Å²) in [6.07, 6.45) is -38.8. The van der Waals surface area contributed by atoms with Gasteiger partial charge in [-0.1, -0.05) is 60.1 Å². The molecule has 1 N–H and O–H groups in total. The van der Waals surface area contributed by atoms with Gasteiger partial charge >= 0.3 is 73.3 Å². The summed E-state index contributed by atoms with van der Waals surface area (Å²) in [5.41, 5.74) is -13.2. The van der Waals surface area contributed by atoms with E-state index in [9.17, 15) is 125 Å². The number of nitrogens with one attached hydrogen (secondary N) is 1. The summed E-state index contributed by atoms with van der Waals surface area (Å²) < 4.78 is 358. The van der Waals surface area contributed by atoms with E-state index in [-0.39, 0.29) is 167 Å². The molecule has 6 bridgehead atoms. The van der Waals surface area contributed by atoms with Crippen molar-refractivity contribution < 1.29 is 143 Å². The lowest BCUT2D eigenvalue weighted by Gasteiger charge is -2.24. The van der Waals surface area contributed by atoms with Gasteiger partial charge in [0, 0.05) is 22.3 Å². The monoisotopic (exact) mass is 1690 g/mol. The maximum Gasteiger partial charge on any atom is 0.416 e. The summed E-state index contributed by atoms with van der Waals surface area (Å²) in [6, 6.07) is 24.5. The Bertz CT molecular complexity index is 6080. The van der Waals surface area contributed by atoms with Crippen LogP contribution < -0.4 is 35.2 Å². The predicted molar refractivity (Wildman–Crippen MR) is 369 cm³/mol. The Hall–Kier alpha value is -13.4. The van der Waals surface area contributed by atoms with Gasteiger partial charge in [-0.3, -0.25) is 0 Å². The molecule has 13 nitrogen and oxygen atoms in total. The van der Waals surface area contributed by atoms with E-state index in [4.69, 9.17) is 40.5 Å². The number of benzene rings is 8. The number of rotatable bonds is 12. The van der Waals surface area contributed by atoms with Crippen molar-refractivity contribution in [1.29, 1.82) is 0 Å². The highest BCUT2D eigenvalue weighted by Crippen LogP contribution is 2.46. The molecule has 6 heterocycles. The lowest BCUT2D eigenvalue weighted by molar-refractivity contribution is -0.144. The number of alkyl halides is 24.